The lowest BCUT2D eigenvalue weighted by molar-refractivity contribution is -0.153. The summed E-state index contributed by atoms with van der Waals surface area (Å²) >= 11 is 0. The lowest BCUT2D eigenvalue weighted by Crippen LogP contribution is -2.17. The molecule has 0 saturated carbocycles. The first-order valence-corrected chi connectivity index (χ1v) is 6.34. The number of hydrogen-bond donors (Lipinski definition) is 0. The Balaban J connectivity index is 2.21. The standard InChI is InChI=1S/C14H20O6/c1-9(2)7-17-5-6-18-8-12(15)20-13-10(3)11(4)19-14(13)16/h11H,1,5-8H2,2-4H3. The number of carbonyl (C=O) groups excluding carboxylic acids is 2. The first-order chi connectivity index (χ1) is 9.41. The summed E-state index contributed by atoms with van der Waals surface area (Å²) in [5.74, 6) is -1.29. The van der Waals surface area contributed by atoms with E-state index in [1.54, 1.807) is 13.8 Å². The van der Waals surface area contributed by atoms with Gasteiger partial charge in [0.15, 0.2) is 0 Å². The Morgan fingerprint density at radius 1 is 1.30 bits per heavy atom. The quantitative estimate of drug-likeness (QED) is 0.381. The fourth-order valence-corrected chi connectivity index (χ4v) is 1.43. The third-order valence-corrected chi connectivity index (χ3v) is 2.59. The molecule has 0 aromatic rings. The predicted octanol–water partition coefficient (Wildman–Crippen LogP) is 1.36. The van der Waals surface area contributed by atoms with Crippen LogP contribution in [0.1, 0.15) is 20.8 Å². The Morgan fingerprint density at radius 3 is 2.40 bits per heavy atom. The Labute approximate surface area is 118 Å². The molecule has 0 spiro atoms. The highest BCUT2D eigenvalue weighted by Crippen LogP contribution is 2.22. The highest BCUT2D eigenvalue weighted by Gasteiger charge is 2.31. The summed E-state index contributed by atoms with van der Waals surface area (Å²) in [6.07, 6.45) is -0.359. The first kappa shape index (κ1) is 16.4. The maximum Gasteiger partial charge on any atom is 0.375 e. The van der Waals surface area contributed by atoms with Crippen molar-refractivity contribution in [3.8, 4) is 0 Å². The van der Waals surface area contributed by atoms with Gasteiger partial charge in [-0.15, -0.1) is 0 Å². The van der Waals surface area contributed by atoms with Crippen molar-refractivity contribution in [3.63, 3.8) is 0 Å². The zero-order valence-corrected chi connectivity index (χ0v) is 12.1. The van der Waals surface area contributed by atoms with Crippen molar-refractivity contribution in [1.29, 1.82) is 0 Å². The summed E-state index contributed by atoms with van der Waals surface area (Å²) in [6, 6.07) is 0. The van der Waals surface area contributed by atoms with Crippen molar-refractivity contribution < 1.29 is 28.5 Å². The molecule has 0 amide bonds. The third-order valence-electron chi connectivity index (χ3n) is 2.59. The third kappa shape index (κ3) is 5.14. The summed E-state index contributed by atoms with van der Waals surface area (Å²) in [7, 11) is 0. The molecule has 0 saturated heterocycles. The van der Waals surface area contributed by atoms with Crippen molar-refractivity contribution in [2.24, 2.45) is 0 Å². The van der Waals surface area contributed by atoms with E-state index >= 15 is 0 Å². The molecule has 20 heavy (non-hydrogen) atoms. The molecule has 0 N–H and O–H groups in total. The van der Waals surface area contributed by atoms with E-state index in [1.165, 1.54) is 0 Å². The Morgan fingerprint density at radius 2 is 1.90 bits per heavy atom. The summed E-state index contributed by atoms with van der Waals surface area (Å²) in [4.78, 5) is 22.9. The van der Waals surface area contributed by atoms with Crippen LogP contribution in [0.15, 0.2) is 23.5 Å². The van der Waals surface area contributed by atoms with Crippen molar-refractivity contribution >= 4 is 11.9 Å². The van der Waals surface area contributed by atoms with Crippen LogP contribution >= 0.6 is 0 Å². The molecule has 0 radical (unpaired) electrons. The average Bonchev–Trinajstić information content (AvgIpc) is 2.60. The summed E-state index contributed by atoms with van der Waals surface area (Å²) in [6.45, 7) is 9.79. The molecule has 0 bridgehead atoms. The lowest BCUT2D eigenvalue weighted by Gasteiger charge is -2.06. The Hall–Kier alpha value is -1.66. The van der Waals surface area contributed by atoms with Crippen LogP contribution in [0.4, 0.5) is 0 Å². The number of carbonyl (C=O) groups is 2. The second kappa shape index (κ2) is 7.81. The molecule has 0 aromatic heterocycles. The fourth-order valence-electron chi connectivity index (χ4n) is 1.43. The molecular weight excluding hydrogens is 264 g/mol. The normalized spacial score (nSPS) is 18.1. The van der Waals surface area contributed by atoms with E-state index in [-0.39, 0.29) is 25.1 Å². The van der Waals surface area contributed by atoms with Gasteiger partial charge in [0.25, 0.3) is 0 Å². The Kier molecular flexibility index (Phi) is 6.41. The van der Waals surface area contributed by atoms with Crippen LogP contribution in [-0.4, -0.2) is 44.5 Å². The highest BCUT2D eigenvalue weighted by atomic mass is 16.6. The monoisotopic (exact) mass is 284 g/mol. The van der Waals surface area contributed by atoms with Crippen LogP contribution in [0.2, 0.25) is 0 Å². The number of hydrogen-bond acceptors (Lipinski definition) is 6. The molecule has 0 aromatic carbocycles. The molecule has 1 rings (SSSR count). The van der Waals surface area contributed by atoms with Gasteiger partial charge in [-0.3, -0.25) is 0 Å². The van der Waals surface area contributed by atoms with Gasteiger partial charge in [0.1, 0.15) is 12.7 Å². The van der Waals surface area contributed by atoms with E-state index in [0.29, 0.717) is 18.8 Å². The van der Waals surface area contributed by atoms with Crippen LogP contribution in [0.25, 0.3) is 0 Å². The lowest BCUT2D eigenvalue weighted by atomic mass is 10.2. The zero-order chi connectivity index (χ0) is 15.1. The van der Waals surface area contributed by atoms with E-state index in [0.717, 1.165) is 5.57 Å². The molecule has 1 aliphatic heterocycles. The van der Waals surface area contributed by atoms with Gasteiger partial charge in [0, 0.05) is 5.57 Å². The van der Waals surface area contributed by atoms with Crippen molar-refractivity contribution in [1.82, 2.24) is 0 Å². The molecule has 0 aliphatic carbocycles. The van der Waals surface area contributed by atoms with Crippen LogP contribution in [0.3, 0.4) is 0 Å². The molecule has 1 heterocycles. The number of cyclic esters (lactones) is 1. The van der Waals surface area contributed by atoms with Gasteiger partial charge in [-0.25, -0.2) is 9.59 Å². The molecule has 1 aliphatic rings. The van der Waals surface area contributed by atoms with Crippen molar-refractivity contribution in [3.05, 3.63) is 23.5 Å². The molecule has 0 fully saturated rings. The molecule has 1 unspecified atom stereocenters. The van der Waals surface area contributed by atoms with E-state index in [4.69, 9.17) is 18.9 Å². The predicted molar refractivity (Wildman–Crippen MR) is 70.8 cm³/mol. The maximum absolute atomic E-state index is 11.5. The average molecular weight is 284 g/mol. The van der Waals surface area contributed by atoms with E-state index in [2.05, 4.69) is 6.58 Å². The van der Waals surface area contributed by atoms with Gasteiger partial charge in [-0.1, -0.05) is 12.2 Å². The largest absolute Gasteiger partial charge is 0.452 e. The molecule has 112 valence electrons. The van der Waals surface area contributed by atoms with Gasteiger partial charge < -0.3 is 18.9 Å². The first-order valence-electron chi connectivity index (χ1n) is 6.34. The van der Waals surface area contributed by atoms with E-state index < -0.39 is 11.9 Å². The van der Waals surface area contributed by atoms with Crippen LogP contribution < -0.4 is 0 Å². The second-order valence-corrected chi connectivity index (χ2v) is 4.60. The fraction of sp³-hybridized carbons (Fsp3) is 0.571. The molecule has 6 heteroatoms. The van der Waals surface area contributed by atoms with Crippen LogP contribution in [0, 0.1) is 0 Å². The second-order valence-electron chi connectivity index (χ2n) is 4.60. The molecule has 1 atom stereocenters. The summed E-state index contributed by atoms with van der Waals surface area (Å²) in [5.41, 5.74) is 1.52. The summed E-state index contributed by atoms with van der Waals surface area (Å²) in [5, 5.41) is 0. The van der Waals surface area contributed by atoms with Gasteiger partial charge in [0.2, 0.25) is 5.76 Å². The van der Waals surface area contributed by atoms with Crippen molar-refractivity contribution in [2.75, 3.05) is 26.4 Å². The van der Waals surface area contributed by atoms with Gasteiger partial charge in [-0.05, 0) is 20.8 Å². The minimum Gasteiger partial charge on any atom is -0.452 e. The number of esters is 2. The van der Waals surface area contributed by atoms with Crippen molar-refractivity contribution in [2.45, 2.75) is 26.9 Å². The Bertz CT molecular complexity index is 423. The van der Waals surface area contributed by atoms with E-state index in [9.17, 15) is 9.59 Å². The number of ether oxygens (including phenoxy) is 4. The molecular formula is C14H20O6. The minimum atomic E-state index is -0.634. The van der Waals surface area contributed by atoms with Crippen LogP contribution in [0.5, 0.6) is 0 Å². The SMILES string of the molecule is C=C(C)COCCOCC(=O)OC1=C(C)C(C)OC1=O. The van der Waals surface area contributed by atoms with Gasteiger partial charge >= 0.3 is 11.9 Å². The smallest absolute Gasteiger partial charge is 0.375 e. The molecule has 6 nitrogen and oxygen atoms in total. The zero-order valence-electron chi connectivity index (χ0n) is 12.1. The maximum atomic E-state index is 11.5. The number of rotatable bonds is 8. The van der Waals surface area contributed by atoms with Gasteiger partial charge in [0.05, 0.1) is 19.8 Å². The van der Waals surface area contributed by atoms with Crippen LogP contribution in [-0.2, 0) is 28.5 Å². The highest BCUT2D eigenvalue weighted by molar-refractivity contribution is 5.92. The minimum absolute atomic E-state index is 0.0374. The summed E-state index contributed by atoms with van der Waals surface area (Å²) < 4.78 is 20.1. The van der Waals surface area contributed by atoms with E-state index in [1.807, 2.05) is 6.92 Å². The topological polar surface area (TPSA) is 71.1 Å². The van der Waals surface area contributed by atoms with Gasteiger partial charge in [-0.2, -0.15) is 0 Å².